The minimum atomic E-state index is 0.212. The van der Waals surface area contributed by atoms with Gasteiger partial charge in [-0.25, -0.2) is 0 Å². The number of alkyl halides is 1. The van der Waals surface area contributed by atoms with Gasteiger partial charge in [0.15, 0.2) is 0 Å². The number of unbranched alkanes of at least 4 members (excludes halogenated alkanes) is 1. The lowest BCUT2D eigenvalue weighted by atomic mass is 10.1. The van der Waals surface area contributed by atoms with Gasteiger partial charge in [-0.3, -0.25) is 4.79 Å². The number of carbonyl (C=O) groups is 1. The molecular weight excluding hydrogens is 246 g/mol. The first kappa shape index (κ1) is 15.0. The number of hydrogen-bond acceptors (Lipinski definition) is 1. The maximum Gasteiger partial charge on any atom is 0.222 e. The molecule has 1 aromatic carbocycles. The molecule has 1 unspecified atom stereocenters. The summed E-state index contributed by atoms with van der Waals surface area (Å²) in [5.74, 6) is 0.847. The Morgan fingerprint density at radius 1 is 1.28 bits per heavy atom. The number of likely N-dealkylation sites (N-methyl/N-ethyl adjacent to an activating group) is 1. The lowest BCUT2D eigenvalue weighted by Gasteiger charge is -2.25. The minimum absolute atomic E-state index is 0.212. The summed E-state index contributed by atoms with van der Waals surface area (Å²) in [7, 11) is 1.89. The maximum atomic E-state index is 11.9. The molecule has 18 heavy (non-hydrogen) atoms. The zero-order valence-corrected chi connectivity index (χ0v) is 12.0. The van der Waals surface area contributed by atoms with Gasteiger partial charge >= 0.3 is 0 Å². The maximum absolute atomic E-state index is 11.9. The van der Waals surface area contributed by atoms with E-state index < -0.39 is 0 Å². The first-order valence-corrected chi connectivity index (χ1v) is 7.04. The number of rotatable bonds is 7. The van der Waals surface area contributed by atoms with Crippen molar-refractivity contribution in [3.63, 3.8) is 0 Å². The summed E-state index contributed by atoms with van der Waals surface area (Å²) in [6.45, 7) is 2.09. The lowest BCUT2D eigenvalue weighted by Crippen LogP contribution is -2.36. The standard InChI is InChI=1S/C15H22ClNO/c1-13(12-14-8-4-3-5-9-14)17(2)15(18)10-6-7-11-16/h3-5,8-9,13H,6-7,10-12H2,1-2H3. The molecule has 0 aliphatic carbocycles. The fourth-order valence-electron chi connectivity index (χ4n) is 1.89. The van der Waals surface area contributed by atoms with Crippen LogP contribution >= 0.6 is 11.6 Å². The molecule has 0 heterocycles. The third-order valence-electron chi connectivity index (χ3n) is 3.20. The van der Waals surface area contributed by atoms with Crippen LogP contribution in [0.25, 0.3) is 0 Å². The molecule has 0 saturated heterocycles. The summed E-state index contributed by atoms with van der Waals surface area (Å²) in [4.78, 5) is 13.8. The highest BCUT2D eigenvalue weighted by Gasteiger charge is 2.15. The number of nitrogens with zero attached hydrogens (tertiary/aromatic N) is 1. The van der Waals surface area contributed by atoms with Gasteiger partial charge in [0.05, 0.1) is 0 Å². The molecule has 0 saturated carbocycles. The molecule has 100 valence electrons. The number of benzene rings is 1. The zero-order valence-electron chi connectivity index (χ0n) is 11.2. The van der Waals surface area contributed by atoms with Crippen LogP contribution in [-0.4, -0.2) is 29.8 Å². The summed E-state index contributed by atoms with van der Waals surface area (Å²) in [5.41, 5.74) is 1.27. The lowest BCUT2D eigenvalue weighted by molar-refractivity contribution is -0.131. The molecule has 0 N–H and O–H groups in total. The van der Waals surface area contributed by atoms with E-state index in [1.807, 2.05) is 30.1 Å². The quantitative estimate of drug-likeness (QED) is 0.547. The van der Waals surface area contributed by atoms with Crippen LogP contribution in [0.5, 0.6) is 0 Å². The van der Waals surface area contributed by atoms with Gasteiger partial charge in [-0.1, -0.05) is 30.3 Å². The second-order valence-corrected chi connectivity index (χ2v) is 5.07. The summed E-state index contributed by atoms with van der Waals surface area (Å²) in [5, 5.41) is 0. The Morgan fingerprint density at radius 3 is 2.56 bits per heavy atom. The van der Waals surface area contributed by atoms with E-state index in [2.05, 4.69) is 19.1 Å². The van der Waals surface area contributed by atoms with E-state index in [0.717, 1.165) is 19.3 Å². The Labute approximate surface area is 115 Å². The molecule has 0 aliphatic heterocycles. The van der Waals surface area contributed by atoms with E-state index in [-0.39, 0.29) is 11.9 Å². The van der Waals surface area contributed by atoms with Crippen LogP contribution < -0.4 is 0 Å². The van der Waals surface area contributed by atoms with Crippen LogP contribution in [0, 0.1) is 0 Å². The second-order valence-electron chi connectivity index (χ2n) is 4.69. The third-order valence-corrected chi connectivity index (χ3v) is 3.47. The van der Waals surface area contributed by atoms with E-state index in [9.17, 15) is 4.79 Å². The molecule has 0 fully saturated rings. The molecule has 1 rings (SSSR count). The number of carbonyl (C=O) groups excluding carboxylic acids is 1. The Bertz CT molecular complexity index is 353. The number of amides is 1. The Morgan fingerprint density at radius 2 is 1.94 bits per heavy atom. The molecule has 1 amide bonds. The van der Waals surface area contributed by atoms with Gasteiger partial charge in [0, 0.05) is 25.4 Å². The van der Waals surface area contributed by atoms with Gasteiger partial charge in [-0.15, -0.1) is 11.6 Å². The third kappa shape index (κ3) is 5.09. The van der Waals surface area contributed by atoms with Crippen molar-refractivity contribution in [1.29, 1.82) is 0 Å². The van der Waals surface area contributed by atoms with Crippen LogP contribution in [0.4, 0.5) is 0 Å². The minimum Gasteiger partial charge on any atom is -0.343 e. The van der Waals surface area contributed by atoms with Crippen molar-refractivity contribution < 1.29 is 4.79 Å². The SMILES string of the molecule is CC(Cc1ccccc1)N(C)C(=O)CCCCCl. The molecule has 0 aromatic heterocycles. The van der Waals surface area contributed by atoms with Crippen LogP contribution in [0.15, 0.2) is 30.3 Å². The van der Waals surface area contributed by atoms with E-state index in [1.54, 1.807) is 0 Å². The van der Waals surface area contributed by atoms with E-state index in [0.29, 0.717) is 12.3 Å². The highest BCUT2D eigenvalue weighted by Crippen LogP contribution is 2.09. The highest BCUT2D eigenvalue weighted by molar-refractivity contribution is 6.17. The van der Waals surface area contributed by atoms with Gasteiger partial charge in [0.2, 0.25) is 5.91 Å². The van der Waals surface area contributed by atoms with Gasteiger partial charge in [-0.2, -0.15) is 0 Å². The monoisotopic (exact) mass is 267 g/mol. The molecule has 0 bridgehead atoms. The zero-order chi connectivity index (χ0) is 13.4. The van der Waals surface area contributed by atoms with Crippen molar-refractivity contribution in [2.75, 3.05) is 12.9 Å². The average Bonchev–Trinajstić information content (AvgIpc) is 2.39. The molecule has 3 heteroatoms. The van der Waals surface area contributed by atoms with Crippen LogP contribution in [-0.2, 0) is 11.2 Å². The van der Waals surface area contributed by atoms with Gasteiger partial charge in [-0.05, 0) is 31.7 Å². The summed E-state index contributed by atoms with van der Waals surface area (Å²) in [6.07, 6.45) is 3.29. The van der Waals surface area contributed by atoms with Crippen LogP contribution in [0.1, 0.15) is 31.7 Å². The first-order chi connectivity index (χ1) is 8.65. The van der Waals surface area contributed by atoms with Crippen molar-refractivity contribution in [3.8, 4) is 0 Å². The molecule has 0 spiro atoms. The van der Waals surface area contributed by atoms with Gasteiger partial charge in [0.25, 0.3) is 0 Å². The Balaban J connectivity index is 2.40. The smallest absolute Gasteiger partial charge is 0.222 e. The first-order valence-electron chi connectivity index (χ1n) is 6.50. The summed E-state index contributed by atoms with van der Waals surface area (Å²) >= 11 is 5.61. The topological polar surface area (TPSA) is 20.3 Å². The van der Waals surface area contributed by atoms with Crippen molar-refractivity contribution >= 4 is 17.5 Å². The van der Waals surface area contributed by atoms with Gasteiger partial charge < -0.3 is 4.90 Å². The largest absolute Gasteiger partial charge is 0.343 e. The van der Waals surface area contributed by atoms with E-state index in [1.165, 1.54) is 5.56 Å². The molecule has 1 atom stereocenters. The predicted molar refractivity (Wildman–Crippen MR) is 76.9 cm³/mol. The molecule has 0 aliphatic rings. The highest BCUT2D eigenvalue weighted by atomic mass is 35.5. The molecule has 1 aromatic rings. The number of hydrogen-bond donors (Lipinski definition) is 0. The predicted octanol–water partition coefficient (Wildman–Crippen LogP) is 3.49. The average molecular weight is 268 g/mol. The Hall–Kier alpha value is -1.02. The van der Waals surface area contributed by atoms with Crippen molar-refractivity contribution in [3.05, 3.63) is 35.9 Å². The fraction of sp³-hybridized carbons (Fsp3) is 0.533. The van der Waals surface area contributed by atoms with Crippen molar-refractivity contribution in [1.82, 2.24) is 4.90 Å². The van der Waals surface area contributed by atoms with Crippen LogP contribution in [0.3, 0.4) is 0 Å². The molecule has 0 radical (unpaired) electrons. The van der Waals surface area contributed by atoms with Gasteiger partial charge in [0.1, 0.15) is 0 Å². The van der Waals surface area contributed by atoms with E-state index in [4.69, 9.17) is 11.6 Å². The summed E-state index contributed by atoms with van der Waals surface area (Å²) < 4.78 is 0. The fourth-order valence-corrected chi connectivity index (χ4v) is 2.07. The summed E-state index contributed by atoms with van der Waals surface area (Å²) in [6, 6.07) is 10.5. The second kappa shape index (κ2) is 8.15. The van der Waals surface area contributed by atoms with Crippen molar-refractivity contribution in [2.24, 2.45) is 0 Å². The number of halogens is 1. The normalized spacial score (nSPS) is 12.2. The Kier molecular flexibility index (Phi) is 6.81. The van der Waals surface area contributed by atoms with Crippen molar-refractivity contribution in [2.45, 2.75) is 38.6 Å². The van der Waals surface area contributed by atoms with Crippen LogP contribution in [0.2, 0.25) is 0 Å². The van der Waals surface area contributed by atoms with E-state index >= 15 is 0 Å². The molecular formula is C15H22ClNO. The molecule has 2 nitrogen and oxygen atoms in total.